The Balaban J connectivity index is 1.66. The lowest BCUT2D eigenvalue weighted by Gasteiger charge is -2.27. The van der Waals surface area contributed by atoms with Gasteiger partial charge < -0.3 is 14.2 Å². The predicted octanol–water partition coefficient (Wildman–Crippen LogP) is 3.70. The molecule has 1 aliphatic rings. The highest BCUT2D eigenvalue weighted by atomic mass is 16.5. The smallest absolute Gasteiger partial charge is 0.254 e. The molecule has 8 heteroatoms. The summed E-state index contributed by atoms with van der Waals surface area (Å²) in [6.07, 6.45) is 7.38. The van der Waals surface area contributed by atoms with E-state index in [1.54, 1.807) is 11.8 Å². The van der Waals surface area contributed by atoms with Crippen molar-refractivity contribution in [3.8, 4) is 23.0 Å². The lowest BCUT2D eigenvalue weighted by Crippen LogP contribution is -2.30. The quantitative estimate of drug-likeness (QED) is 0.506. The molecule has 3 aromatic heterocycles. The summed E-state index contributed by atoms with van der Waals surface area (Å²) in [6, 6.07) is 10.1. The number of nitrogens with zero attached hydrogens (tertiary/aromatic N) is 7. The van der Waals surface area contributed by atoms with Crippen LogP contribution in [0.25, 0.3) is 28.2 Å². The van der Waals surface area contributed by atoms with Gasteiger partial charge in [0.25, 0.3) is 5.95 Å². The number of ether oxygens (including phenoxy) is 1. The molecule has 0 radical (unpaired) electrons. The summed E-state index contributed by atoms with van der Waals surface area (Å²) in [5, 5.41) is 4.63. The fraction of sp³-hybridized carbons (Fsp3) is 0.364. The van der Waals surface area contributed by atoms with Gasteiger partial charge in [0, 0.05) is 25.8 Å². The van der Waals surface area contributed by atoms with E-state index in [2.05, 4.69) is 21.9 Å². The topological polar surface area (TPSA) is 73.9 Å². The molecule has 30 heavy (non-hydrogen) atoms. The Labute approximate surface area is 175 Å². The molecule has 1 aliphatic heterocycles. The van der Waals surface area contributed by atoms with Crippen LogP contribution in [0.3, 0.4) is 0 Å². The molecule has 0 N–H and O–H groups in total. The van der Waals surface area contributed by atoms with E-state index in [0.717, 1.165) is 47.7 Å². The molecule has 0 spiro atoms. The van der Waals surface area contributed by atoms with Gasteiger partial charge in [-0.05, 0) is 31.7 Å². The Morgan fingerprint density at radius 2 is 1.83 bits per heavy atom. The van der Waals surface area contributed by atoms with Gasteiger partial charge in [-0.2, -0.15) is 9.97 Å². The molecule has 0 unspecified atom stereocenters. The van der Waals surface area contributed by atoms with E-state index in [0.29, 0.717) is 11.8 Å². The van der Waals surface area contributed by atoms with Crippen LogP contribution in [0, 0.1) is 0 Å². The highest BCUT2D eigenvalue weighted by Gasteiger charge is 2.22. The minimum atomic E-state index is 0.527. The zero-order valence-electron chi connectivity index (χ0n) is 17.3. The van der Waals surface area contributed by atoms with Crippen LogP contribution in [0.2, 0.25) is 0 Å². The molecule has 0 saturated carbocycles. The van der Waals surface area contributed by atoms with Crippen LogP contribution in [-0.4, -0.2) is 49.5 Å². The second kappa shape index (κ2) is 7.78. The molecule has 4 heterocycles. The molecule has 1 fully saturated rings. The van der Waals surface area contributed by atoms with Gasteiger partial charge in [-0.15, -0.1) is 5.10 Å². The van der Waals surface area contributed by atoms with Crippen molar-refractivity contribution < 1.29 is 4.74 Å². The summed E-state index contributed by atoms with van der Waals surface area (Å²) in [4.78, 5) is 16.7. The number of piperidine rings is 1. The first-order valence-corrected chi connectivity index (χ1v) is 10.5. The molecular formula is C22H25N7O. The van der Waals surface area contributed by atoms with Crippen LogP contribution in [0.4, 0.5) is 5.82 Å². The summed E-state index contributed by atoms with van der Waals surface area (Å²) >= 11 is 0. The number of hydrogen-bond donors (Lipinski definition) is 0. The highest BCUT2D eigenvalue weighted by Crippen LogP contribution is 2.31. The van der Waals surface area contributed by atoms with Gasteiger partial charge in [0.15, 0.2) is 17.0 Å². The standard InChI is InChI=1S/C22H25N7O/c1-3-27-15-23-18-19(27)24-22(25-20(18)28-12-8-5-9-13-28)29-14-17(21(26-29)30-2)16-10-6-4-7-11-16/h4,6-7,10-11,14-15H,3,5,8-9,12-13H2,1-2H3. The van der Waals surface area contributed by atoms with Crippen molar-refractivity contribution >= 4 is 17.0 Å². The second-order valence-corrected chi connectivity index (χ2v) is 7.46. The van der Waals surface area contributed by atoms with Gasteiger partial charge in [-0.25, -0.2) is 9.67 Å². The molecule has 0 amide bonds. The Kier molecular flexibility index (Phi) is 4.82. The Hall–Kier alpha value is -3.42. The van der Waals surface area contributed by atoms with Crippen molar-refractivity contribution in [2.24, 2.45) is 0 Å². The summed E-state index contributed by atoms with van der Waals surface area (Å²) in [5.74, 6) is 1.96. The Morgan fingerprint density at radius 3 is 2.57 bits per heavy atom. The summed E-state index contributed by atoms with van der Waals surface area (Å²) in [6.45, 7) is 4.86. The molecule has 154 valence electrons. The van der Waals surface area contributed by atoms with Crippen molar-refractivity contribution in [2.75, 3.05) is 25.1 Å². The number of aromatic nitrogens is 6. The maximum Gasteiger partial charge on any atom is 0.254 e. The van der Waals surface area contributed by atoms with Crippen molar-refractivity contribution in [1.29, 1.82) is 0 Å². The van der Waals surface area contributed by atoms with Crippen LogP contribution >= 0.6 is 0 Å². The van der Waals surface area contributed by atoms with Crippen LogP contribution in [0.1, 0.15) is 26.2 Å². The van der Waals surface area contributed by atoms with E-state index in [1.807, 2.05) is 47.4 Å². The van der Waals surface area contributed by atoms with Gasteiger partial charge >= 0.3 is 0 Å². The Bertz CT molecular complexity index is 1160. The fourth-order valence-corrected chi connectivity index (χ4v) is 4.01. The maximum atomic E-state index is 5.55. The Morgan fingerprint density at radius 1 is 1.03 bits per heavy atom. The molecule has 0 bridgehead atoms. The third kappa shape index (κ3) is 3.18. The number of fused-ring (bicyclic) bond motifs is 1. The van der Waals surface area contributed by atoms with E-state index in [9.17, 15) is 0 Å². The van der Waals surface area contributed by atoms with E-state index in [4.69, 9.17) is 14.7 Å². The fourth-order valence-electron chi connectivity index (χ4n) is 4.01. The van der Waals surface area contributed by atoms with Gasteiger partial charge in [0.05, 0.1) is 19.0 Å². The van der Waals surface area contributed by atoms with E-state index >= 15 is 0 Å². The average Bonchev–Trinajstić information content (AvgIpc) is 3.43. The normalized spacial score (nSPS) is 14.4. The summed E-state index contributed by atoms with van der Waals surface area (Å²) in [5.41, 5.74) is 3.63. The molecule has 4 aromatic rings. The minimum Gasteiger partial charge on any atom is -0.479 e. The summed E-state index contributed by atoms with van der Waals surface area (Å²) < 4.78 is 9.31. The number of hydrogen-bond acceptors (Lipinski definition) is 6. The van der Waals surface area contributed by atoms with Gasteiger partial charge in [-0.3, -0.25) is 0 Å². The van der Waals surface area contributed by atoms with Crippen molar-refractivity contribution in [2.45, 2.75) is 32.7 Å². The molecule has 1 aromatic carbocycles. The first kappa shape index (κ1) is 18.6. The molecule has 5 rings (SSSR count). The second-order valence-electron chi connectivity index (χ2n) is 7.46. The van der Waals surface area contributed by atoms with E-state index in [1.165, 1.54) is 19.3 Å². The molecule has 0 atom stereocenters. The molecule has 1 saturated heterocycles. The SMILES string of the molecule is CCn1cnc2c(N3CCCCC3)nc(-n3cc(-c4ccccc4)c(OC)n3)nc21. The molecule has 0 aliphatic carbocycles. The largest absolute Gasteiger partial charge is 0.479 e. The predicted molar refractivity (Wildman–Crippen MR) is 116 cm³/mol. The summed E-state index contributed by atoms with van der Waals surface area (Å²) in [7, 11) is 1.63. The minimum absolute atomic E-state index is 0.527. The van der Waals surface area contributed by atoms with Crippen LogP contribution in [0.15, 0.2) is 42.9 Å². The van der Waals surface area contributed by atoms with Gasteiger partial charge in [0.2, 0.25) is 5.88 Å². The molecular weight excluding hydrogens is 378 g/mol. The zero-order valence-corrected chi connectivity index (χ0v) is 17.3. The van der Waals surface area contributed by atoms with Gasteiger partial charge in [0.1, 0.15) is 0 Å². The van der Waals surface area contributed by atoms with Crippen molar-refractivity contribution in [3.05, 3.63) is 42.9 Å². The lowest BCUT2D eigenvalue weighted by atomic mass is 10.1. The number of anilines is 1. The van der Waals surface area contributed by atoms with Crippen LogP contribution < -0.4 is 9.64 Å². The van der Waals surface area contributed by atoms with Crippen molar-refractivity contribution in [3.63, 3.8) is 0 Å². The van der Waals surface area contributed by atoms with Crippen LogP contribution in [0.5, 0.6) is 5.88 Å². The number of benzene rings is 1. The lowest BCUT2D eigenvalue weighted by molar-refractivity contribution is 0.395. The number of rotatable bonds is 5. The third-order valence-electron chi connectivity index (χ3n) is 5.59. The van der Waals surface area contributed by atoms with Gasteiger partial charge in [-0.1, -0.05) is 30.3 Å². The first-order chi connectivity index (χ1) is 14.8. The zero-order chi connectivity index (χ0) is 20.5. The maximum absolute atomic E-state index is 5.55. The number of methoxy groups -OCH3 is 1. The van der Waals surface area contributed by atoms with Crippen molar-refractivity contribution in [1.82, 2.24) is 29.3 Å². The number of aryl methyl sites for hydroxylation is 1. The van der Waals surface area contributed by atoms with Crippen LogP contribution in [-0.2, 0) is 6.54 Å². The third-order valence-corrected chi connectivity index (χ3v) is 5.59. The molecule has 8 nitrogen and oxygen atoms in total. The first-order valence-electron chi connectivity index (χ1n) is 10.5. The highest BCUT2D eigenvalue weighted by molar-refractivity contribution is 5.84. The average molecular weight is 403 g/mol. The van der Waals surface area contributed by atoms with E-state index < -0.39 is 0 Å². The monoisotopic (exact) mass is 403 g/mol. The van der Waals surface area contributed by atoms with E-state index in [-0.39, 0.29) is 0 Å². The number of imidazole rings is 1.